The Morgan fingerprint density at radius 3 is 2.42 bits per heavy atom. The van der Waals surface area contributed by atoms with Crippen molar-refractivity contribution in [2.24, 2.45) is 5.92 Å². The van der Waals surface area contributed by atoms with Crippen molar-refractivity contribution in [3.63, 3.8) is 0 Å². The molecule has 0 spiro atoms. The Labute approximate surface area is 185 Å². The molecule has 1 aromatic carbocycles. The molecule has 0 radical (unpaired) electrons. The third-order valence-corrected chi connectivity index (χ3v) is 7.20. The number of carbonyl (C=O) groups is 1. The number of likely N-dealkylation sites (tertiary alicyclic amines) is 1. The van der Waals surface area contributed by atoms with Crippen molar-refractivity contribution in [1.29, 1.82) is 0 Å². The van der Waals surface area contributed by atoms with Gasteiger partial charge in [-0.15, -0.1) is 0 Å². The van der Waals surface area contributed by atoms with Crippen LogP contribution in [0.3, 0.4) is 0 Å². The molecule has 162 valence electrons. The van der Waals surface area contributed by atoms with E-state index in [1.54, 1.807) is 6.08 Å². The Kier molecular flexibility index (Phi) is 6.06. The molecular weight excluding hydrogens is 382 g/mol. The molecule has 0 unspecified atom stereocenters. The van der Waals surface area contributed by atoms with E-state index in [0.29, 0.717) is 0 Å². The molecule has 4 heteroatoms. The first kappa shape index (κ1) is 20.3. The number of fused-ring (bicyclic) bond motifs is 2. The topological polar surface area (TPSA) is 45.2 Å². The summed E-state index contributed by atoms with van der Waals surface area (Å²) in [6.45, 7) is 2.06. The average Bonchev–Trinajstić information content (AvgIpc) is 3.28. The lowest BCUT2D eigenvalue weighted by atomic mass is 9.90. The van der Waals surface area contributed by atoms with Crippen LogP contribution in [0.25, 0.3) is 0 Å². The van der Waals surface area contributed by atoms with Gasteiger partial charge in [-0.1, -0.05) is 30.3 Å². The maximum Gasteiger partial charge on any atom is 0.249 e. The molecule has 0 saturated carbocycles. The van der Waals surface area contributed by atoms with Crippen LogP contribution in [0.4, 0.5) is 5.69 Å². The van der Waals surface area contributed by atoms with Crippen molar-refractivity contribution in [3.8, 4) is 0 Å². The predicted octanol–water partition coefficient (Wildman–Crippen LogP) is 4.86. The summed E-state index contributed by atoms with van der Waals surface area (Å²) in [5.74, 6) is 0.742. The molecule has 5 rings (SSSR count). The first-order valence-corrected chi connectivity index (χ1v) is 12.1. The molecule has 1 aromatic heterocycles. The highest BCUT2D eigenvalue weighted by Crippen LogP contribution is 2.36. The van der Waals surface area contributed by atoms with Gasteiger partial charge in [0, 0.05) is 36.8 Å². The Bertz CT molecular complexity index is 958. The molecule has 2 aliphatic carbocycles. The number of nitrogens with zero attached hydrogens (tertiary/aromatic N) is 2. The fourth-order valence-corrected chi connectivity index (χ4v) is 5.49. The van der Waals surface area contributed by atoms with E-state index in [-0.39, 0.29) is 5.91 Å². The monoisotopic (exact) mass is 415 g/mol. The summed E-state index contributed by atoms with van der Waals surface area (Å²) in [5, 5.41) is 3.26. The second-order valence-electron chi connectivity index (χ2n) is 9.37. The molecule has 0 bridgehead atoms. The summed E-state index contributed by atoms with van der Waals surface area (Å²) < 4.78 is 0. The Balaban J connectivity index is 1.19. The number of piperidine rings is 1. The summed E-state index contributed by atoms with van der Waals surface area (Å²) >= 11 is 0. The third kappa shape index (κ3) is 4.68. The maximum absolute atomic E-state index is 12.8. The molecule has 1 N–H and O–H groups in total. The number of pyridine rings is 1. The fraction of sp³-hybridized carbons (Fsp3) is 0.481. The lowest BCUT2D eigenvalue weighted by Crippen LogP contribution is -2.30. The minimum absolute atomic E-state index is 0.000479. The first-order chi connectivity index (χ1) is 15.3. The molecule has 0 atom stereocenters. The molecule has 1 saturated heterocycles. The second kappa shape index (κ2) is 9.25. The zero-order valence-electron chi connectivity index (χ0n) is 18.4. The van der Waals surface area contributed by atoms with Crippen molar-refractivity contribution in [3.05, 3.63) is 70.7 Å². The average molecular weight is 416 g/mol. The van der Waals surface area contributed by atoms with Crippen LogP contribution in [-0.4, -0.2) is 28.9 Å². The van der Waals surface area contributed by atoms with Gasteiger partial charge in [0.25, 0.3) is 0 Å². The van der Waals surface area contributed by atoms with Crippen LogP contribution >= 0.6 is 0 Å². The Morgan fingerprint density at radius 1 is 0.968 bits per heavy atom. The summed E-state index contributed by atoms with van der Waals surface area (Å²) in [4.78, 5) is 20.0. The normalized spacial score (nSPS) is 18.8. The van der Waals surface area contributed by atoms with E-state index in [9.17, 15) is 4.79 Å². The second-order valence-corrected chi connectivity index (χ2v) is 9.37. The van der Waals surface area contributed by atoms with E-state index in [1.165, 1.54) is 53.8 Å². The number of anilines is 1. The summed E-state index contributed by atoms with van der Waals surface area (Å²) in [5.41, 5.74) is 7.57. The molecule has 3 aliphatic rings. The fourth-order valence-electron chi connectivity index (χ4n) is 5.49. The molecule has 31 heavy (non-hydrogen) atoms. The van der Waals surface area contributed by atoms with Gasteiger partial charge in [-0.05, 0) is 86.8 Å². The smallest absolute Gasteiger partial charge is 0.249 e. The van der Waals surface area contributed by atoms with Gasteiger partial charge in [-0.2, -0.15) is 0 Å². The number of hydrogen-bond acceptors (Lipinski definition) is 3. The van der Waals surface area contributed by atoms with E-state index in [0.717, 1.165) is 63.2 Å². The van der Waals surface area contributed by atoms with Crippen LogP contribution in [0.1, 0.15) is 60.2 Å². The number of rotatable bonds is 5. The number of amides is 1. The van der Waals surface area contributed by atoms with E-state index >= 15 is 0 Å². The Morgan fingerprint density at radius 2 is 1.65 bits per heavy atom. The van der Waals surface area contributed by atoms with Crippen molar-refractivity contribution < 1.29 is 4.79 Å². The van der Waals surface area contributed by atoms with Crippen LogP contribution < -0.4 is 5.32 Å². The summed E-state index contributed by atoms with van der Waals surface area (Å²) in [7, 11) is 0. The number of carbonyl (C=O) groups excluding carboxylic acids is 1. The number of nitrogens with one attached hydrogen (secondary N) is 1. The van der Waals surface area contributed by atoms with Crippen LogP contribution in [0, 0.1) is 5.92 Å². The Hall–Kier alpha value is -2.62. The van der Waals surface area contributed by atoms with Gasteiger partial charge in [0.05, 0.1) is 5.69 Å². The van der Waals surface area contributed by atoms with E-state index in [1.807, 2.05) is 6.20 Å². The van der Waals surface area contributed by atoms with Crippen molar-refractivity contribution in [2.75, 3.05) is 18.4 Å². The molecular formula is C27H33N3O. The van der Waals surface area contributed by atoms with Gasteiger partial charge in [-0.25, -0.2) is 0 Å². The lowest BCUT2D eigenvalue weighted by molar-refractivity contribution is -0.112. The van der Waals surface area contributed by atoms with Gasteiger partial charge < -0.3 is 10.2 Å². The molecule has 2 aromatic rings. The molecule has 2 heterocycles. The first-order valence-electron chi connectivity index (χ1n) is 12.1. The number of aromatic nitrogens is 1. The summed E-state index contributed by atoms with van der Waals surface area (Å²) in [6, 6.07) is 10.8. The third-order valence-electron chi connectivity index (χ3n) is 7.20. The van der Waals surface area contributed by atoms with Crippen LogP contribution in [-0.2, 0) is 36.9 Å². The highest BCUT2D eigenvalue weighted by molar-refractivity contribution is 6.00. The number of aryl methyl sites for hydroxylation is 2. The van der Waals surface area contributed by atoms with E-state index in [4.69, 9.17) is 4.98 Å². The van der Waals surface area contributed by atoms with Crippen molar-refractivity contribution in [1.82, 2.24) is 9.88 Å². The number of benzene rings is 1. The van der Waals surface area contributed by atoms with Crippen LogP contribution in [0.2, 0.25) is 0 Å². The van der Waals surface area contributed by atoms with Crippen LogP contribution in [0.15, 0.2) is 42.6 Å². The van der Waals surface area contributed by atoms with Gasteiger partial charge >= 0.3 is 0 Å². The molecule has 1 amide bonds. The largest absolute Gasteiger partial charge is 0.377 e. The summed E-state index contributed by atoms with van der Waals surface area (Å²) in [6.07, 6.45) is 15.0. The van der Waals surface area contributed by atoms with Crippen LogP contribution in [0.5, 0.6) is 0 Å². The molecule has 4 nitrogen and oxygen atoms in total. The van der Waals surface area contributed by atoms with Gasteiger partial charge in [0.1, 0.15) is 0 Å². The van der Waals surface area contributed by atoms with Crippen molar-refractivity contribution >= 4 is 11.6 Å². The van der Waals surface area contributed by atoms with Crippen molar-refractivity contribution in [2.45, 2.75) is 64.2 Å². The highest BCUT2D eigenvalue weighted by Gasteiger charge is 2.25. The van der Waals surface area contributed by atoms with Gasteiger partial charge in [0.2, 0.25) is 5.91 Å². The zero-order valence-corrected chi connectivity index (χ0v) is 18.4. The minimum Gasteiger partial charge on any atom is -0.377 e. The van der Waals surface area contributed by atoms with Gasteiger partial charge in [0.15, 0.2) is 0 Å². The molecule has 1 aliphatic heterocycles. The minimum atomic E-state index is -0.000479. The van der Waals surface area contributed by atoms with Gasteiger partial charge in [-0.3, -0.25) is 9.78 Å². The quantitative estimate of drug-likeness (QED) is 0.710. The van der Waals surface area contributed by atoms with E-state index in [2.05, 4.69) is 40.5 Å². The maximum atomic E-state index is 12.8. The highest BCUT2D eigenvalue weighted by atomic mass is 16.1. The van der Waals surface area contributed by atoms with E-state index < -0.39 is 0 Å². The lowest BCUT2D eigenvalue weighted by Gasteiger charge is -2.31. The zero-order chi connectivity index (χ0) is 21.0. The predicted molar refractivity (Wildman–Crippen MR) is 125 cm³/mol. The standard InChI is InChI=1S/C27H33N3O/c31-26(15-18-30-16-13-21(14-17-30)19-20-7-2-1-3-8-20)29-27-22-9-4-5-11-24(22)28-25-12-6-10-23(25)27/h1-3,7-8,15,18,21H,4-6,9-14,16-17,19H2,(H,28,29,31). The SMILES string of the molecule is O=C(C=CN1CCC(Cc2ccccc2)CC1)Nc1c2c(nc3c1CCC3)CCCC2. The molecule has 1 fully saturated rings. The number of hydrogen-bond donors (Lipinski definition) is 1.